The first-order valence-electron chi connectivity index (χ1n) is 7.05. The van der Waals surface area contributed by atoms with Crippen molar-refractivity contribution in [2.75, 3.05) is 11.9 Å². The average molecular weight is 360 g/mol. The number of carbonyl (C=O) groups excluding carboxylic acids is 1. The molecule has 3 nitrogen and oxygen atoms in total. The Morgan fingerprint density at radius 3 is 2.64 bits per heavy atom. The second-order valence-corrected chi connectivity index (χ2v) is 5.71. The SMILES string of the molecule is C=C(CC(=O)c1ccc(Br)cc1)Nc1cccc(OCC)c1. The van der Waals surface area contributed by atoms with E-state index < -0.39 is 0 Å². The number of halogens is 1. The zero-order valence-corrected chi connectivity index (χ0v) is 14.0. The van der Waals surface area contributed by atoms with E-state index in [4.69, 9.17) is 4.74 Å². The molecule has 0 aliphatic heterocycles. The molecule has 0 aromatic heterocycles. The topological polar surface area (TPSA) is 38.3 Å². The number of Topliss-reactive ketones (excluding diaryl/α,β-unsaturated/α-hetero) is 1. The summed E-state index contributed by atoms with van der Waals surface area (Å²) >= 11 is 3.36. The van der Waals surface area contributed by atoms with Crippen molar-refractivity contribution in [1.29, 1.82) is 0 Å². The number of hydrogen-bond acceptors (Lipinski definition) is 3. The summed E-state index contributed by atoms with van der Waals surface area (Å²) in [6, 6.07) is 14.9. The van der Waals surface area contributed by atoms with Crippen molar-refractivity contribution in [3.8, 4) is 5.75 Å². The molecule has 1 N–H and O–H groups in total. The van der Waals surface area contributed by atoms with Gasteiger partial charge in [0.15, 0.2) is 5.78 Å². The highest BCUT2D eigenvalue weighted by Gasteiger charge is 2.08. The van der Waals surface area contributed by atoms with Gasteiger partial charge >= 0.3 is 0 Å². The number of anilines is 1. The Labute approximate surface area is 139 Å². The molecular formula is C18H18BrNO2. The van der Waals surface area contributed by atoms with Gasteiger partial charge < -0.3 is 10.1 Å². The van der Waals surface area contributed by atoms with Crippen molar-refractivity contribution in [2.24, 2.45) is 0 Å². The first kappa shape index (κ1) is 16.3. The number of rotatable bonds is 7. The molecule has 0 bridgehead atoms. The van der Waals surface area contributed by atoms with E-state index in [2.05, 4.69) is 27.8 Å². The highest BCUT2D eigenvalue weighted by Crippen LogP contribution is 2.20. The fourth-order valence-corrected chi connectivity index (χ4v) is 2.27. The average Bonchev–Trinajstić information content (AvgIpc) is 2.48. The van der Waals surface area contributed by atoms with Gasteiger partial charge in [-0.1, -0.05) is 40.7 Å². The lowest BCUT2D eigenvalue weighted by molar-refractivity contribution is 0.0993. The van der Waals surface area contributed by atoms with E-state index >= 15 is 0 Å². The number of benzene rings is 2. The summed E-state index contributed by atoms with van der Waals surface area (Å²) in [5.74, 6) is 0.825. The van der Waals surface area contributed by atoms with Gasteiger partial charge in [0.25, 0.3) is 0 Å². The van der Waals surface area contributed by atoms with Crippen LogP contribution in [0.4, 0.5) is 5.69 Å². The smallest absolute Gasteiger partial charge is 0.168 e. The first-order valence-corrected chi connectivity index (χ1v) is 7.84. The van der Waals surface area contributed by atoms with Crippen molar-refractivity contribution in [3.63, 3.8) is 0 Å². The monoisotopic (exact) mass is 359 g/mol. The van der Waals surface area contributed by atoms with E-state index in [1.54, 1.807) is 12.1 Å². The lowest BCUT2D eigenvalue weighted by Gasteiger charge is -2.11. The molecule has 2 rings (SSSR count). The third kappa shape index (κ3) is 4.74. The molecule has 22 heavy (non-hydrogen) atoms. The largest absolute Gasteiger partial charge is 0.494 e. The predicted molar refractivity (Wildman–Crippen MR) is 93.5 cm³/mol. The maximum atomic E-state index is 12.2. The van der Waals surface area contributed by atoms with Crippen LogP contribution in [0.15, 0.2) is 65.3 Å². The van der Waals surface area contributed by atoms with Gasteiger partial charge in [-0.2, -0.15) is 0 Å². The van der Waals surface area contributed by atoms with Crippen LogP contribution < -0.4 is 10.1 Å². The van der Waals surface area contributed by atoms with Gasteiger partial charge in [-0.3, -0.25) is 4.79 Å². The molecule has 2 aromatic carbocycles. The highest BCUT2D eigenvalue weighted by atomic mass is 79.9. The minimum Gasteiger partial charge on any atom is -0.494 e. The summed E-state index contributed by atoms with van der Waals surface area (Å²) < 4.78 is 6.40. The fourth-order valence-electron chi connectivity index (χ4n) is 2.01. The molecule has 0 atom stereocenters. The van der Waals surface area contributed by atoms with Crippen LogP contribution in [-0.4, -0.2) is 12.4 Å². The molecule has 0 radical (unpaired) electrons. The Morgan fingerprint density at radius 2 is 1.95 bits per heavy atom. The van der Waals surface area contributed by atoms with Crippen LogP contribution in [0.2, 0.25) is 0 Å². The Morgan fingerprint density at radius 1 is 1.23 bits per heavy atom. The normalized spacial score (nSPS) is 10.1. The van der Waals surface area contributed by atoms with Gasteiger partial charge in [-0.15, -0.1) is 0 Å². The molecule has 4 heteroatoms. The van der Waals surface area contributed by atoms with Gasteiger partial charge in [0.1, 0.15) is 5.75 Å². The Bertz CT molecular complexity index is 665. The second-order valence-electron chi connectivity index (χ2n) is 4.80. The van der Waals surface area contributed by atoms with Gasteiger partial charge in [0.05, 0.1) is 13.0 Å². The van der Waals surface area contributed by atoms with Crippen molar-refractivity contribution in [2.45, 2.75) is 13.3 Å². The molecular weight excluding hydrogens is 342 g/mol. The lowest BCUT2D eigenvalue weighted by atomic mass is 10.1. The molecule has 0 amide bonds. The molecule has 0 saturated carbocycles. The minimum atomic E-state index is 0.0333. The van der Waals surface area contributed by atoms with Crippen LogP contribution in [0, 0.1) is 0 Å². The summed E-state index contributed by atoms with van der Waals surface area (Å²) in [4.78, 5) is 12.2. The lowest BCUT2D eigenvalue weighted by Crippen LogP contribution is -2.06. The molecule has 0 aliphatic carbocycles. The summed E-state index contributed by atoms with van der Waals surface area (Å²) in [6.45, 7) is 6.48. The van der Waals surface area contributed by atoms with Crippen molar-refractivity contribution in [3.05, 3.63) is 70.8 Å². The zero-order valence-electron chi connectivity index (χ0n) is 12.4. The molecule has 0 unspecified atom stereocenters. The van der Waals surface area contributed by atoms with E-state index in [1.807, 2.05) is 43.3 Å². The Hall–Kier alpha value is -2.07. The first-order chi connectivity index (χ1) is 10.6. The molecule has 2 aromatic rings. The van der Waals surface area contributed by atoms with Crippen LogP contribution in [0.5, 0.6) is 5.75 Å². The van der Waals surface area contributed by atoms with E-state index in [9.17, 15) is 4.79 Å². The summed E-state index contributed by atoms with van der Waals surface area (Å²) in [6.07, 6.45) is 0.250. The van der Waals surface area contributed by atoms with Crippen molar-refractivity contribution in [1.82, 2.24) is 0 Å². The number of ketones is 1. The fraction of sp³-hybridized carbons (Fsp3) is 0.167. The standard InChI is InChI=1S/C18H18BrNO2/c1-3-22-17-6-4-5-16(12-17)20-13(2)11-18(21)14-7-9-15(19)10-8-14/h4-10,12,20H,2-3,11H2,1H3. The second kappa shape index (κ2) is 7.80. The summed E-state index contributed by atoms with van der Waals surface area (Å²) in [5.41, 5.74) is 2.19. The predicted octanol–water partition coefficient (Wildman–Crippen LogP) is 5.05. The third-order valence-electron chi connectivity index (χ3n) is 3.01. The van der Waals surface area contributed by atoms with Crippen LogP contribution >= 0.6 is 15.9 Å². The maximum Gasteiger partial charge on any atom is 0.168 e. The van der Waals surface area contributed by atoms with Crippen LogP contribution in [0.3, 0.4) is 0 Å². The van der Waals surface area contributed by atoms with E-state index in [0.29, 0.717) is 17.9 Å². The van der Waals surface area contributed by atoms with E-state index in [0.717, 1.165) is 15.9 Å². The van der Waals surface area contributed by atoms with Gasteiger partial charge in [0.2, 0.25) is 0 Å². The Balaban J connectivity index is 1.96. The van der Waals surface area contributed by atoms with Crippen LogP contribution in [0.25, 0.3) is 0 Å². The zero-order chi connectivity index (χ0) is 15.9. The van der Waals surface area contributed by atoms with Crippen LogP contribution in [0.1, 0.15) is 23.7 Å². The number of allylic oxidation sites excluding steroid dienone is 1. The van der Waals surface area contributed by atoms with Gasteiger partial charge in [0, 0.05) is 27.5 Å². The maximum absolute atomic E-state index is 12.2. The van der Waals surface area contributed by atoms with Crippen LogP contribution in [-0.2, 0) is 0 Å². The van der Waals surface area contributed by atoms with Gasteiger partial charge in [-0.05, 0) is 31.2 Å². The molecule has 114 valence electrons. The molecule has 0 heterocycles. The minimum absolute atomic E-state index is 0.0333. The number of nitrogens with one attached hydrogen (secondary N) is 1. The quantitative estimate of drug-likeness (QED) is 0.703. The molecule has 0 aliphatic rings. The highest BCUT2D eigenvalue weighted by molar-refractivity contribution is 9.10. The molecule has 0 fully saturated rings. The van der Waals surface area contributed by atoms with Crippen molar-refractivity contribution < 1.29 is 9.53 Å². The summed E-state index contributed by atoms with van der Waals surface area (Å²) in [7, 11) is 0. The molecule has 0 spiro atoms. The number of hydrogen-bond donors (Lipinski definition) is 1. The van der Waals surface area contributed by atoms with E-state index in [1.165, 1.54) is 0 Å². The molecule has 0 saturated heterocycles. The van der Waals surface area contributed by atoms with Gasteiger partial charge in [-0.25, -0.2) is 0 Å². The Kier molecular flexibility index (Phi) is 5.78. The number of carbonyl (C=O) groups is 1. The van der Waals surface area contributed by atoms with E-state index in [-0.39, 0.29) is 12.2 Å². The number of ether oxygens (including phenoxy) is 1. The summed E-state index contributed by atoms with van der Waals surface area (Å²) in [5, 5.41) is 3.15. The third-order valence-corrected chi connectivity index (χ3v) is 3.53. The van der Waals surface area contributed by atoms with Crippen molar-refractivity contribution >= 4 is 27.4 Å².